The third-order valence-electron chi connectivity index (χ3n) is 5.51. The first-order chi connectivity index (χ1) is 17.7. The van der Waals surface area contributed by atoms with Gasteiger partial charge in [-0.3, -0.25) is 9.59 Å². The van der Waals surface area contributed by atoms with Gasteiger partial charge in [0.1, 0.15) is 11.6 Å². The van der Waals surface area contributed by atoms with Crippen LogP contribution in [-0.4, -0.2) is 25.0 Å². The van der Waals surface area contributed by atoms with Gasteiger partial charge in [0.25, 0.3) is 11.8 Å². The SMILES string of the molecule is CCOc1cc(/C=C(\C#N)C(=O)Nc2cccc(C)c2)cc(Br)c1OCC(=O)Nc1cccc(C)c1C. The summed E-state index contributed by atoms with van der Waals surface area (Å²) in [5, 5.41) is 15.2. The van der Waals surface area contributed by atoms with E-state index in [1.807, 2.05) is 70.2 Å². The Morgan fingerprint density at radius 3 is 2.49 bits per heavy atom. The van der Waals surface area contributed by atoms with Crippen molar-refractivity contribution in [2.24, 2.45) is 0 Å². The molecule has 2 N–H and O–H groups in total. The molecule has 7 nitrogen and oxygen atoms in total. The van der Waals surface area contributed by atoms with Gasteiger partial charge in [-0.2, -0.15) is 5.26 Å². The molecule has 0 unspecified atom stereocenters. The largest absolute Gasteiger partial charge is 0.490 e. The summed E-state index contributed by atoms with van der Waals surface area (Å²) in [5.74, 6) is -0.117. The van der Waals surface area contributed by atoms with Gasteiger partial charge in [-0.1, -0.05) is 24.3 Å². The minimum Gasteiger partial charge on any atom is -0.490 e. The average molecular weight is 562 g/mol. The van der Waals surface area contributed by atoms with E-state index in [1.165, 1.54) is 6.08 Å². The Morgan fingerprint density at radius 2 is 1.78 bits per heavy atom. The Hall–Kier alpha value is -4.09. The van der Waals surface area contributed by atoms with Gasteiger partial charge in [0, 0.05) is 11.4 Å². The second-order valence-corrected chi connectivity index (χ2v) is 9.20. The highest BCUT2D eigenvalue weighted by Gasteiger charge is 2.16. The second kappa shape index (κ2) is 12.7. The van der Waals surface area contributed by atoms with Crippen LogP contribution in [0.2, 0.25) is 0 Å². The van der Waals surface area contributed by atoms with Crippen molar-refractivity contribution in [3.63, 3.8) is 0 Å². The van der Waals surface area contributed by atoms with Crippen molar-refractivity contribution in [3.8, 4) is 17.6 Å². The van der Waals surface area contributed by atoms with Crippen molar-refractivity contribution in [1.29, 1.82) is 5.26 Å². The minimum atomic E-state index is -0.523. The fourth-order valence-electron chi connectivity index (χ4n) is 3.52. The van der Waals surface area contributed by atoms with Crippen LogP contribution in [0.25, 0.3) is 6.08 Å². The van der Waals surface area contributed by atoms with Crippen LogP contribution in [0, 0.1) is 32.1 Å². The molecule has 0 fully saturated rings. The first kappa shape index (κ1) is 27.5. The molecule has 3 rings (SSSR count). The van der Waals surface area contributed by atoms with Crippen molar-refractivity contribution in [1.82, 2.24) is 0 Å². The van der Waals surface area contributed by atoms with Crippen molar-refractivity contribution in [2.75, 3.05) is 23.8 Å². The number of nitrogens with zero attached hydrogens (tertiary/aromatic N) is 1. The maximum Gasteiger partial charge on any atom is 0.266 e. The van der Waals surface area contributed by atoms with Crippen molar-refractivity contribution >= 4 is 45.2 Å². The minimum absolute atomic E-state index is 0.0718. The van der Waals surface area contributed by atoms with E-state index in [1.54, 1.807) is 18.2 Å². The molecule has 0 spiro atoms. The fourth-order valence-corrected chi connectivity index (χ4v) is 4.10. The highest BCUT2D eigenvalue weighted by Crippen LogP contribution is 2.37. The van der Waals surface area contributed by atoms with E-state index >= 15 is 0 Å². The van der Waals surface area contributed by atoms with Crippen LogP contribution in [0.5, 0.6) is 11.5 Å². The number of hydrogen-bond donors (Lipinski definition) is 2. The molecule has 0 bridgehead atoms. The first-order valence-corrected chi connectivity index (χ1v) is 12.5. The second-order valence-electron chi connectivity index (χ2n) is 8.34. The highest BCUT2D eigenvalue weighted by atomic mass is 79.9. The number of carbonyl (C=O) groups is 2. The van der Waals surface area contributed by atoms with Crippen LogP contribution in [-0.2, 0) is 9.59 Å². The van der Waals surface area contributed by atoms with Gasteiger partial charge in [0.05, 0.1) is 11.1 Å². The van der Waals surface area contributed by atoms with Gasteiger partial charge in [-0.15, -0.1) is 0 Å². The number of anilines is 2. The summed E-state index contributed by atoms with van der Waals surface area (Å²) in [7, 11) is 0. The molecule has 0 aliphatic rings. The normalized spacial score (nSPS) is 10.9. The quantitative estimate of drug-likeness (QED) is 0.234. The molecule has 2 amide bonds. The Morgan fingerprint density at radius 1 is 1.03 bits per heavy atom. The molecule has 3 aromatic rings. The lowest BCUT2D eigenvalue weighted by Gasteiger charge is -2.15. The number of hydrogen-bond acceptors (Lipinski definition) is 5. The van der Waals surface area contributed by atoms with Crippen molar-refractivity contribution in [3.05, 3.63) is 86.9 Å². The summed E-state index contributed by atoms with van der Waals surface area (Å²) >= 11 is 3.47. The predicted octanol–water partition coefficient (Wildman–Crippen LogP) is 6.34. The van der Waals surface area contributed by atoms with Crippen LogP contribution < -0.4 is 20.1 Å². The number of rotatable bonds is 9. The molecular weight excluding hydrogens is 534 g/mol. The molecule has 0 saturated carbocycles. The first-order valence-electron chi connectivity index (χ1n) is 11.7. The number of nitrogens with one attached hydrogen (secondary N) is 2. The molecule has 0 aliphatic heterocycles. The molecule has 37 heavy (non-hydrogen) atoms. The third-order valence-corrected chi connectivity index (χ3v) is 6.10. The Bertz CT molecular complexity index is 1390. The molecule has 190 valence electrons. The van der Waals surface area contributed by atoms with E-state index < -0.39 is 5.91 Å². The van der Waals surface area contributed by atoms with Gasteiger partial charge in [-0.25, -0.2) is 0 Å². The lowest BCUT2D eigenvalue weighted by atomic mass is 10.1. The van der Waals surface area contributed by atoms with Gasteiger partial charge >= 0.3 is 0 Å². The van der Waals surface area contributed by atoms with Crippen molar-refractivity contribution < 1.29 is 19.1 Å². The zero-order valence-electron chi connectivity index (χ0n) is 21.1. The molecule has 3 aromatic carbocycles. The zero-order chi connectivity index (χ0) is 26.9. The standard InChI is InChI=1S/C29H28BrN3O4/c1-5-36-26-15-21(13-22(16-31)29(35)32-23-10-6-8-18(2)12-23)14-24(30)28(26)37-17-27(34)33-25-11-7-9-19(3)20(25)4/h6-15H,5,17H2,1-4H3,(H,32,35)(H,33,34)/b22-13+. The van der Waals surface area contributed by atoms with Crippen LogP contribution in [0.1, 0.15) is 29.2 Å². The molecule has 0 aromatic heterocycles. The molecule has 0 aliphatic carbocycles. The number of halogens is 1. The summed E-state index contributed by atoms with van der Waals surface area (Å²) in [5.41, 5.74) is 4.87. The van der Waals surface area contributed by atoms with Gasteiger partial charge < -0.3 is 20.1 Å². The monoisotopic (exact) mass is 561 g/mol. The third kappa shape index (κ3) is 7.45. The zero-order valence-corrected chi connectivity index (χ0v) is 22.7. The van der Waals surface area contributed by atoms with E-state index in [0.717, 1.165) is 22.4 Å². The summed E-state index contributed by atoms with van der Waals surface area (Å²) in [6, 6.07) is 18.3. The van der Waals surface area contributed by atoms with Crippen LogP contribution in [0.4, 0.5) is 11.4 Å². The number of aryl methyl sites for hydroxylation is 2. The Labute approximate surface area is 225 Å². The topological polar surface area (TPSA) is 100 Å². The molecule has 0 saturated heterocycles. The van der Waals surface area contributed by atoms with Crippen LogP contribution >= 0.6 is 15.9 Å². The number of ether oxygens (including phenoxy) is 2. The maximum absolute atomic E-state index is 12.7. The number of benzene rings is 3. The summed E-state index contributed by atoms with van der Waals surface area (Å²) in [4.78, 5) is 25.2. The molecule has 0 radical (unpaired) electrons. The van der Waals surface area contributed by atoms with Crippen LogP contribution in [0.15, 0.2) is 64.6 Å². The molecule has 0 atom stereocenters. The lowest BCUT2D eigenvalue weighted by molar-refractivity contribution is -0.118. The smallest absolute Gasteiger partial charge is 0.266 e. The fraction of sp³-hybridized carbons (Fsp3) is 0.207. The van der Waals surface area contributed by atoms with Crippen molar-refractivity contribution in [2.45, 2.75) is 27.7 Å². The lowest BCUT2D eigenvalue weighted by Crippen LogP contribution is -2.21. The van der Waals surface area contributed by atoms with Gasteiger partial charge in [-0.05, 0) is 102 Å². The Kier molecular flexibility index (Phi) is 9.47. The summed E-state index contributed by atoms with van der Waals surface area (Å²) in [6.07, 6.45) is 1.47. The molecular formula is C29H28BrN3O4. The van der Waals surface area contributed by atoms with E-state index in [4.69, 9.17) is 9.47 Å². The summed E-state index contributed by atoms with van der Waals surface area (Å²) < 4.78 is 12.0. The van der Waals surface area contributed by atoms with E-state index in [0.29, 0.717) is 33.8 Å². The van der Waals surface area contributed by atoms with E-state index in [-0.39, 0.29) is 18.1 Å². The average Bonchev–Trinajstić information content (AvgIpc) is 2.85. The predicted molar refractivity (Wildman–Crippen MR) is 149 cm³/mol. The van der Waals surface area contributed by atoms with E-state index in [2.05, 4.69) is 26.6 Å². The van der Waals surface area contributed by atoms with Gasteiger partial charge in [0.2, 0.25) is 0 Å². The number of carbonyl (C=O) groups excluding carboxylic acids is 2. The highest BCUT2D eigenvalue weighted by molar-refractivity contribution is 9.10. The van der Waals surface area contributed by atoms with Crippen LogP contribution in [0.3, 0.4) is 0 Å². The summed E-state index contributed by atoms with van der Waals surface area (Å²) in [6.45, 7) is 7.78. The van der Waals surface area contributed by atoms with E-state index in [9.17, 15) is 14.9 Å². The number of amides is 2. The molecule has 0 heterocycles. The Balaban J connectivity index is 1.78. The molecule has 8 heteroatoms. The van der Waals surface area contributed by atoms with Gasteiger partial charge in [0.15, 0.2) is 18.1 Å². The number of nitriles is 1. The maximum atomic E-state index is 12.7.